The zero-order valence-electron chi connectivity index (χ0n) is 10.6. The van der Waals surface area contributed by atoms with Crippen LogP contribution in [0.3, 0.4) is 0 Å². The van der Waals surface area contributed by atoms with Crippen LogP contribution in [-0.4, -0.2) is 18.0 Å². The van der Waals surface area contributed by atoms with Crippen molar-refractivity contribution in [2.45, 2.75) is 13.4 Å². The second-order valence-corrected chi connectivity index (χ2v) is 4.75. The van der Waals surface area contributed by atoms with Crippen molar-refractivity contribution in [1.29, 1.82) is 0 Å². The maximum atomic E-state index is 11.0. The summed E-state index contributed by atoms with van der Waals surface area (Å²) in [6.45, 7) is 2.80. The van der Waals surface area contributed by atoms with Crippen molar-refractivity contribution >= 4 is 18.3 Å². The number of carboxylic acid groups (broad SMARTS) is 1. The number of rotatable bonds is 2. The summed E-state index contributed by atoms with van der Waals surface area (Å²) in [7, 11) is 0. The van der Waals surface area contributed by atoms with Gasteiger partial charge in [-0.15, -0.1) is 0 Å². The molecule has 94 valence electrons. The molecule has 1 aliphatic rings. The minimum absolute atomic E-state index is 0.109. The predicted octanol–water partition coefficient (Wildman–Crippen LogP) is 2.41. The molecule has 0 spiro atoms. The van der Waals surface area contributed by atoms with E-state index in [0.29, 0.717) is 12.2 Å². The molecule has 0 radical (unpaired) electrons. The van der Waals surface area contributed by atoms with Crippen LogP contribution in [0, 0.1) is 0 Å². The van der Waals surface area contributed by atoms with Crippen LogP contribution in [0.15, 0.2) is 42.5 Å². The van der Waals surface area contributed by atoms with Gasteiger partial charge >= 0.3 is 12.9 Å². The van der Waals surface area contributed by atoms with Crippen molar-refractivity contribution in [2.75, 3.05) is 0 Å². The van der Waals surface area contributed by atoms with Crippen molar-refractivity contribution in [1.82, 2.24) is 0 Å². The lowest BCUT2D eigenvalue weighted by Crippen LogP contribution is -2.24. The third kappa shape index (κ3) is 2.15. The fourth-order valence-corrected chi connectivity index (χ4v) is 2.42. The third-order valence-corrected chi connectivity index (χ3v) is 3.52. The SMILES string of the molecule is CB1OCc2ccc(-c3cccc(C(=O)O)c3)cc21. The minimum atomic E-state index is -0.903. The van der Waals surface area contributed by atoms with Gasteiger partial charge in [0.1, 0.15) is 0 Å². The van der Waals surface area contributed by atoms with E-state index < -0.39 is 5.97 Å². The standard InChI is InChI=1S/C15H13BO3/c1-16-14-8-11(5-6-13(14)9-19-16)10-3-2-4-12(7-10)15(17)18/h2-8H,9H2,1H3,(H,17,18). The average Bonchev–Trinajstić information content (AvgIpc) is 2.80. The highest BCUT2D eigenvalue weighted by atomic mass is 16.4. The maximum Gasteiger partial charge on any atom is 0.335 e. The minimum Gasteiger partial charge on any atom is -0.478 e. The van der Waals surface area contributed by atoms with E-state index in [2.05, 4.69) is 12.1 Å². The lowest BCUT2D eigenvalue weighted by Gasteiger charge is -2.06. The fourth-order valence-electron chi connectivity index (χ4n) is 2.42. The van der Waals surface area contributed by atoms with Crippen molar-refractivity contribution in [3.63, 3.8) is 0 Å². The summed E-state index contributed by atoms with van der Waals surface area (Å²) >= 11 is 0. The van der Waals surface area contributed by atoms with Crippen LogP contribution in [0.5, 0.6) is 0 Å². The molecule has 0 fully saturated rings. The summed E-state index contributed by atoms with van der Waals surface area (Å²) in [5, 5.41) is 9.03. The Morgan fingerprint density at radius 1 is 1.21 bits per heavy atom. The first kappa shape index (κ1) is 12.0. The summed E-state index contributed by atoms with van der Waals surface area (Å²) < 4.78 is 5.58. The van der Waals surface area contributed by atoms with Gasteiger partial charge in [-0.1, -0.05) is 37.2 Å². The van der Waals surface area contributed by atoms with Gasteiger partial charge in [-0.2, -0.15) is 0 Å². The van der Waals surface area contributed by atoms with Crippen LogP contribution in [0.1, 0.15) is 15.9 Å². The molecule has 1 heterocycles. The molecule has 2 aromatic carbocycles. The second kappa shape index (κ2) is 4.55. The van der Waals surface area contributed by atoms with Crippen molar-refractivity contribution in [3.05, 3.63) is 53.6 Å². The van der Waals surface area contributed by atoms with E-state index in [9.17, 15) is 4.79 Å². The molecule has 0 amide bonds. The van der Waals surface area contributed by atoms with Crippen molar-refractivity contribution < 1.29 is 14.6 Å². The zero-order chi connectivity index (χ0) is 13.4. The van der Waals surface area contributed by atoms with Gasteiger partial charge in [-0.3, -0.25) is 0 Å². The van der Waals surface area contributed by atoms with Gasteiger partial charge in [0.2, 0.25) is 0 Å². The number of aromatic carboxylic acids is 1. The molecule has 0 aromatic heterocycles. The van der Waals surface area contributed by atoms with E-state index in [0.717, 1.165) is 11.1 Å². The smallest absolute Gasteiger partial charge is 0.335 e. The number of hydrogen-bond acceptors (Lipinski definition) is 2. The van der Waals surface area contributed by atoms with Gasteiger partial charge in [-0.25, -0.2) is 4.79 Å². The lowest BCUT2D eigenvalue weighted by molar-refractivity contribution is 0.0697. The topological polar surface area (TPSA) is 46.5 Å². The van der Waals surface area contributed by atoms with Crippen molar-refractivity contribution in [2.24, 2.45) is 0 Å². The highest BCUT2D eigenvalue weighted by Gasteiger charge is 2.23. The molecule has 2 aromatic rings. The predicted molar refractivity (Wildman–Crippen MR) is 74.9 cm³/mol. The largest absolute Gasteiger partial charge is 0.478 e. The Morgan fingerprint density at radius 2 is 2.00 bits per heavy atom. The van der Waals surface area contributed by atoms with Crippen molar-refractivity contribution in [3.8, 4) is 11.1 Å². The lowest BCUT2D eigenvalue weighted by atomic mass is 9.64. The van der Waals surface area contributed by atoms with Gasteiger partial charge in [0.05, 0.1) is 12.2 Å². The van der Waals surface area contributed by atoms with E-state index >= 15 is 0 Å². The first-order chi connectivity index (χ1) is 9.15. The van der Waals surface area contributed by atoms with Crippen LogP contribution in [-0.2, 0) is 11.3 Å². The molecule has 0 unspecified atom stereocenters. The van der Waals surface area contributed by atoms with E-state index in [4.69, 9.17) is 9.76 Å². The molecule has 4 heteroatoms. The van der Waals surface area contributed by atoms with Gasteiger partial charge < -0.3 is 9.76 Å². The number of carbonyl (C=O) groups is 1. The molecule has 3 nitrogen and oxygen atoms in total. The second-order valence-electron chi connectivity index (χ2n) is 4.75. The highest BCUT2D eigenvalue weighted by Crippen LogP contribution is 2.22. The molecule has 1 aliphatic heterocycles. The fraction of sp³-hybridized carbons (Fsp3) is 0.133. The molecular weight excluding hydrogens is 239 g/mol. The number of carboxylic acids is 1. The number of hydrogen-bond donors (Lipinski definition) is 1. The molecule has 1 N–H and O–H groups in total. The molecular formula is C15H13BO3. The van der Waals surface area contributed by atoms with Crippen LogP contribution in [0.4, 0.5) is 0 Å². The molecule has 0 atom stereocenters. The summed E-state index contributed by atoms with van der Waals surface area (Å²) in [4.78, 5) is 11.0. The van der Waals surface area contributed by atoms with E-state index in [1.807, 2.05) is 19.0 Å². The van der Waals surface area contributed by atoms with Crippen LogP contribution < -0.4 is 5.46 Å². The Hall–Kier alpha value is -2.07. The quantitative estimate of drug-likeness (QED) is 0.835. The van der Waals surface area contributed by atoms with Gasteiger partial charge in [0.15, 0.2) is 0 Å². The first-order valence-electron chi connectivity index (χ1n) is 6.23. The Bertz CT molecular complexity index is 652. The number of benzene rings is 2. The zero-order valence-corrected chi connectivity index (χ0v) is 10.6. The van der Waals surface area contributed by atoms with E-state index in [1.54, 1.807) is 18.2 Å². The summed E-state index contributed by atoms with van der Waals surface area (Å²) in [5.74, 6) is -0.903. The third-order valence-electron chi connectivity index (χ3n) is 3.52. The molecule has 0 bridgehead atoms. The molecule has 19 heavy (non-hydrogen) atoms. The maximum absolute atomic E-state index is 11.0. The normalized spacial score (nSPS) is 13.4. The monoisotopic (exact) mass is 252 g/mol. The van der Waals surface area contributed by atoms with E-state index in [-0.39, 0.29) is 6.92 Å². The summed E-state index contributed by atoms with van der Waals surface area (Å²) in [6.07, 6.45) is 0. The van der Waals surface area contributed by atoms with Crippen LogP contribution >= 0.6 is 0 Å². The van der Waals surface area contributed by atoms with E-state index in [1.165, 1.54) is 11.0 Å². The Labute approximate surface area is 112 Å². The Morgan fingerprint density at radius 3 is 2.79 bits per heavy atom. The average molecular weight is 252 g/mol. The molecule has 3 rings (SSSR count). The highest BCUT2D eigenvalue weighted by molar-refractivity contribution is 6.67. The number of fused-ring (bicyclic) bond motifs is 1. The van der Waals surface area contributed by atoms with Crippen LogP contribution in [0.25, 0.3) is 11.1 Å². The Balaban J connectivity index is 2.05. The molecule has 0 aliphatic carbocycles. The van der Waals surface area contributed by atoms with Crippen LogP contribution in [0.2, 0.25) is 6.82 Å². The molecule has 0 saturated heterocycles. The summed E-state index contributed by atoms with van der Waals surface area (Å²) in [6, 6.07) is 13.2. The van der Waals surface area contributed by atoms with Gasteiger partial charge in [0, 0.05) is 0 Å². The van der Waals surface area contributed by atoms with Gasteiger partial charge in [0.25, 0.3) is 0 Å². The Kier molecular flexibility index (Phi) is 2.88. The summed E-state index contributed by atoms with van der Waals surface area (Å²) in [5.41, 5.74) is 4.66. The first-order valence-corrected chi connectivity index (χ1v) is 6.23. The molecule has 0 saturated carbocycles. The van der Waals surface area contributed by atoms with Gasteiger partial charge in [-0.05, 0) is 34.3 Å².